The minimum absolute atomic E-state index is 0.263. The maximum absolute atomic E-state index is 12.5. The molecule has 0 aliphatic heterocycles. The predicted molar refractivity (Wildman–Crippen MR) is 101 cm³/mol. The molecule has 0 bridgehead atoms. The van der Waals surface area contributed by atoms with Crippen molar-refractivity contribution in [1.82, 2.24) is 4.98 Å². The second-order valence-electron chi connectivity index (χ2n) is 5.50. The lowest BCUT2D eigenvalue weighted by atomic mass is 10.2. The summed E-state index contributed by atoms with van der Waals surface area (Å²) in [5.41, 5.74) is 1.92. The van der Waals surface area contributed by atoms with Crippen LogP contribution in [0.25, 0.3) is 0 Å². The van der Waals surface area contributed by atoms with E-state index in [0.29, 0.717) is 21.3 Å². The van der Waals surface area contributed by atoms with Gasteiger partial charge < -0.3 is 10.2 Å². The molecule has 24 heavy (non-hydrogen) atoms. The Morgan fingerprint density at radius 2 is 1.83 bits per heavy atom. The van der Waals surface area contributed by atoms with Gasteiger partial charge in [-0.1, -0.05) is 37.0 Å². The number of carbonyl (C=O) groups is 1. The first-order chi connectivity index (χ1) is 11.5. The maximum Gasteiger partial charge on any atom is 0.257 e. The molecule has 0 spiro atoms. The predicted octanol–water partition coefficient (Wildman–Crippen LogP) is 5.27. The Morgan fingerprint density at radius 3 is 2.50 bits per heavy atom. The van der Waals surface area contributed by atoms with Crippen LogP contribution in [0.1, 0.15) is 37.0 Å². The molecule has 4 nitrogen and oxygen atoms in total. The van der Waals surface area contributed by atoms with Gasteiger partial charge in [0.1, 0.15) is 0 Å². The van der Waals surface area contributed by atoms with E-state index >= 15 is 0 Å². The lowest BCUT2D eigenvalue weighted by Gasteiger charge is -2.23. The first kappa shape index (κ1) is 18.6. The zero-order chi connectivity index (χ0) is 17.5. The van der Waals surface area contributed by atoms with Gasteiger partial charge in [-0.15, -0.1) is 0 Å². The van der Waals surface area contributed by atoms with Gasteiger partial charge in [0.05, 0.1) is 28.2 Å². The van der Waals surface area contributed by atoms with Crippen molar-refractivity contribution in [3.63, 3.8) is 0 Å². The number of aromatic nitrogens is 1. The zero-order valence-electron chi connectivity index (χ0n) is 13.9. The molecule has 0 radical (unpaired) electrons. The van der Waals surface area contributed by atoms with E-state index in [1.54, 1.807) is 30.6 Å². The highest BCUT2D eigenvalue weighted by atomic mass is 35.5. The highest BCUT2D eigenvalue weighted by molar-refractivity contribution is 6.35. The van der Waals surface area contributed by atoms with Gasteiger partial charge in [0.15, 0.2) is 0 Å². The number of rotatable bonds is 7. The van der Waals surface area contributed by atoms with Gasteiger partial charge in [0, 0.05) is 24.3 Å². The Kier molecular flexibility index (Phi) is 6.88. The van der Waals surface area contributed by atoms with Gasteiger partial charge >= 0.3 is 0 Å². The fourth-order valence-electron chi connectivity index (χ4n) is 2.42. The van der Waals surface area contributed by atoms with Crippen LogP contribution in [0.5, 0.6) is 0 Å². The molecule has 6 heteroatoms. The number of benzene rings is 1. The number of anilines is 2. The molecular formula is C18H21Cl2N3O. The highest BCUT2D eigenvalue weighted by Gasteiger charge is 2.12. The molecule has 1 N–H and O–H groups in total. The fourth-order valence-corrected chi connectivity index (χ4v) is 2.76. The molecule has 2 aromatic rings. The normalized spacial score (nSPS) is 10.5. The van der Waals surface area contributed by atoms with Crippen molar-refractivity contribution in [3.05, 3.63) is 52.3 Å². The van der Waals surface area contributed by atoms with Gasteiger partial charge in [-0.3, -0.25) is 9.78 Å². The third-order valence-electron chi connectivity index (χ3n) is 3.51. The van der Waals surface area contributed by atoms with Crippen molar-refractivity contribution >= 4 is 40.5 Å². The molecule has 0 atom stereocenters. The molecule has 1 amide bonds. The Balaban J connectivity index is 2.20. The minimum atomic E-state index is -0.263. The van der Waals surface area contributed by atoms with Crippen LogP contribution < -0.4 is 10.2 Å². The number of halogens is 2. The van der Waals surface area contributed by atoms with Gasteiger partial charge in [-0.25, -0.2) is 0 Å². The molecule has 1 heterocycles. The summed E-state index contributed by atoms with van der Waals surface area (Å²) < 4.78 is 0. The van der Waals surface area contributed by atoms with E-state index in [2.05, 4.69) is 29.0 Å². The Morgan fingerprint density at radius 1 is 1.12 bits per heavy atom. The van der Waals surface area contributed by atoms with E-state index in [1.165, 1.54) is 0 Å². The van der Waals surface area contributed by atoms with Crippen LogP contribution in [0.15, 0.2) is 36.7 Å². The molecule has 0 saturated carbocycles. The molecule has 2 rings (SSSR count). The number of hydrogen-bond acceptors (Lipinski definition) is 3. The first-order valence-corrected chi connectivity index (χ1v) is 8.77. The van der Waals surface area contributed by atoms with Crippen LogP contribution in [0.4, 0.5) is 11.4 Å². The van der Waals surface area contributed by atoms with E-state index in [-0.39, 0.29) is 5.91 Å². The average molecular weight is 366 g/mol. The quantitative estimate of drug-likeness (QED) is 0.726. The van der Waals surface area contributed by atoms with Gasteiger partial charge in [0.2, 0.25) is 0 Å². The van der Waals surface area contributed by atoms with Gasteiger partial charge in [0.25, 0.3) is 5.91 Å². The third kappa shape index (κ3) is 4.86. The molecule has 128 valence electrons. The van der Waals surface area contributed by atoms with E-state index in [0.717, 1.165) is 31.6 Å². The van der Waals surface area contributed by atoms with Crippen LogP contribution in [0.3, 0.4) is 0 Å². The van der Waals surface area contributed by atoms with Gasteiger partial charge in [-0.2, -0.15) is 0 Å². The van der Waals surface area contributed by atoms with Crippen molar-refractivity contribution in [2.24, 2.45) is 0 Å². The van der Waals surface area contributed by atoms with Crippen LogP contribution >= 0.6 is 23.2 Å². The molecular weight excluding hydrogens is 345 g/mol. The van der Waals surface area contributed by atoms with Crippen molar-refractivity contribution in [2.45, 2.75) is 26.7 Å². The second-order valence-corrected chi connectivity index (χ2v) is 6.34. The summed E-state index contributed by atoms with van der Waals surface area (Å²) in [5.74, 6) is -0.263. The van der Waals surface area contributed by atoms with E-state index in [1.807, 2.05) is 6.07 Å². The molecule has 0 saturated heterocycles. The summed E-state index contributed by atoms with van der Waals surface area (Å²) in [6.07, 6.45) is 5.41. The van der Waals surface area contributed by atoms with Crippen LogP contribution in [0, 0.1) is 0 Å². The van der Waals surface area contributed by atoms with E-state index in [9.17, 15) is 4.79 Å². The Labute approximate surface area is 152 Å². The van der Waals surface area contributed by atoms with Crippen molar-refractivity contribution in [3.8, 4) is 0 Å². The summed E-state index contributed by atoms with van der Waals surface area (Å²) in [6.45, 7) is 6.13. The average Bonchev–Trinajstić information content (AvgIpc) is 2.58. The lowest BCUT2D eigenvalue weighted by Crippen LogP contribution is -2.25. The largest absolute Gasteiger partial charge is 0.370 e. The number of pyridine rings is 1. The lowest BCUT2D eigenvalue weighted by molar-refractivity contribution is 0.102. The summed E-state index contributed by atoms with van der Waals surface area (Å²) in [6, 6.07) is 6.80. The second kappa shape index (κ2) is 8.90. The summed E-state index contributed by atoms with van der Waals surface area (Å²) >= 11 is 12.0. The zero-order valence-corrected chi connectivity index (χ0v) is 15.4. The number of amides is 1. The first-order valence-electron chi connectivity index (χ1n) is 8.01. The van der Waals surface area contributed by atoms with Crippen LogP contribution in [-0.4, -0.2) is 24.0 Å². The SMILES string of the molecule is CCCN(CCC)c1cncc(C(=O)Nc2cc(Cl)ccc2Cl)c1. The van der Waals surface area contributed by atoms with Crippen LogP contribution in [0.2, 0.25) is 10.0 Å². The highest BCUT2D eigenvalue weighted by Crippen LogP contribution is 2.26. The monoisotopic (exact) mass is 365 g/mol. The Bertz CT molecular complexity index is 700. The molecule has 0 fully saturated rings. The van der Waals surface area contributed by atoms with Crippen molar-refractivity contribution in [1.29, 1.82) is 0 Å². The van der Waals surface area contributed by atoms with Crippen molar-refractivity contribution < 1.29 is 4.79 Å². The summed E-state index contributed by atoms with van der Waals surface area (Å²) in [7, 11) is 0. The summed E-state index contributed by atoms with van der Waals surface area (Å²) in [5, 5.41) is 3.74. The van der Waals surface area contributed by atoms with E-state index in [4.69, 9.17) is 23.2 Å². The smallest absolute Gasteiger partial charge is 0.257 e. The number of nitrogens with zero attached hydrogens (tertiary/aromatic N) is 2. The topological polar surface area (TPSA) is 45.2 Å². The molecule has 1 aromatic carbocycles. The Hall–Kier alpha value is -1.78. The standard InChI is InChI=1S/C18H21Cl2N3O/c1-3-7-23(8-4-2)15-9-13(11-21-12-15)18(24)22-17-10-14(19)5-6-16(17)20/h5-6,9-12H,3-4,7-8H2,1-2H3,(H,22,24). The fraction of sp³-hybridized carbons (Fsp3) is 0.333. The van der Waals surface area contributed by atoms with Crippen LogP contribution in [-0.2, 0) is 0 Å². The summed E-state index contributed by atoms with van der Waals surface area (Å²) in [4.78, 5) is 18.9. The number of hydrogen-bond donors (Lipinski definition) is 1. The van der Waals surface area contributed by atoms with E-state index < -0.39 is 0 Å². The molecule has 0 aliphatic rings. The minimum Gasteiger partial charge on any atom is -0.370 e. The molecule has 0 aliphatic carbocycles. The number of carbonyl (C=O) groups excluding carboxylic acids is 1. The maximum atomic E-state index is 12.5. The third-order valence-corrected chi connectivity index (χ3v) is 4.08. The van der Waals surface area contributed by atoms with Crippen molar-refractivity contribution in [2.75, 3.05) is 23.3 Å². The van der Waals surface area contributed by atoms with Gasteiger partial charge in [-0.05, 0) is 37.1 Å². The number of nitrogens with one attached hydrogen (secondary N) is 1. The molecule has 0 unspecified atom stereocenters. The molecule has 1 aromatic heterocycles.